The van der Waals surface area contributed by atoms with Crippen LogP contribution in [0.2, 0.25) is 0 Å². The van der Waals surface area contributed by atoms with Crippen LogP contribution in [-0.4, -0.2) is 29.6 Å². The fraction of sp³-hybridized carbons (Fsp3) is 0.375. The number of nitrogens with zero attached hydrogens (tertiary/aromatic N) is 2. The predicted octanol–water partition coefficient (Wildman–Crippen LogP) is 0.500. The molecule has 0 aliphatic carbocycles. The van der Waals surface area contributed by atoms with Gasteiger partial charge in [-0.2, -0.15) is 4.98 Å². The van der Waals surface area contributed by atoms with Gasteiger partial charge in [-0.3, -0.25) is 10.2 Å². The van der Waals surface area contributed by atoms with Crippen LogP contribution < -0.4 is 16.6 Å². The molecule has 0 aromatic carbocycles. The van der Waals surface area contributed by atoms with E-state index in [2.05, 4.69) is 41.4 Å². The van der Waals surface area contributed by atoms with E-state index in [4.69, 9.17) is 5.84 Å². The van der Waals surface area contributed by atoms with Crippen molar-refractivity contribution in [3.63, 3.8) is 0 Å². The van der Waals surface area contributed by atoms with Crippen LogP contribution in [-0.2, 0) is 9.53 Å². The Labute approximate surface area is 101 Å². The molecule has 0 saturated carbocycles. The lowest BCUT2D eigenvalue weighted by Gasteiger charge is -2.07. The van der Waals surface area contributed by atoms with Gasteiger partial charge in [0.1, 0.15) is 5.82 Å². The van der Waals surface area contributed by atoms with Crippen LogP contribution in [0.1, 0.15) is 6.42 Å². The second-order valence-electron chi connectivity index (χ2n) is 2.79. The van der Waals surface area contributed by atoms with E-state index in [0.717, 1.165) is 0 Å². The quantitative estimate of drug-likeness (QED) is 0.412. The number of hydrogen-bond donors (Lipinski definition) is 3. The first kappa shape index (κ1) is 12.7. The summed E-state index contributed by atoms with van der Waals surface area (Å²) in [5.74, 6) is 5.75. The van der Waals surface area contributed by atoms with Crippen molar-refractivity contribution >= 4 is 33.7 Å². The van der Waals surface area contributed by atoms with Crippen molar-refractivity contribution in [2.24, 2.45) is 5.84 Å². The normalized spacial score (nSPS) is 9.69. The van der Waals surface area contributed by atoms with Crippen LogP contribution in [0.25, 0.3) is 0 Å². The standard InChI is InChI=1S/C8H12BrN5O2/c1-16-6(15)2-3-11-7-5(9)4-12-8(13-7)14-10/h4H,2-3,10H2,1H3,(H2,11,12,13,14). The van der Waals surface area contributed by atoms with Crippen LogP contribution in [0.3, 0.4) is 0 Å². The molecule has 4 N–H and O–H groups in total. The molecule has 0 aliphatic rings. The van der Waals surface area contributed by atoms with Gasteiger partial charge >= 0.3 is 5.97 Å². The van der Waals surface area contributed by atoms with E-state index >= 15 is 0 Å². The molecule has 0 atom stereocenters. The Morgan fingerprint density at radius 3 is 3.06 bits per heavy atom. The lowest BCUT2D eigenvalue weighted by Crippen LogP contribution is -2.14. The van der Waals surface area contributed by atoms with Crippen molar-refractivity contribution in [1.29, 1.82) is 0 Å². The van der Waals surface area contributed by atoms with E-state index in [1.807, 2.05) is 0 Å². The number of rotatable bonds is 5. The Balaban J connectivity index is 2.55. The summed E-state index contributed by atoms with van der Waals surface area (Å²) in [6.07, 6.45) is 1.82. The highest BCUT2D eigenvalue weighted by atomic mass is 79.9. The number of halogens is 1. The van der Waals surface area contributed by atoms with E-state index in [0.29, 0.717) is 22.8 Å². The molecular formula is C8H12BrN5O2. The van der Waals surface area contributed by atoms with Gasteiger partial charge in [-0.15, -0.1) is 0 Å². The molecule has 0 aliphatic heterocycles. The Hall–Kier alpha value is -1.41. The molecule has 88 valence electrons. The Bertz CT molecular complexity index is 373. The summed E-state index contributed by atoms with van der Waals surface area (Å²) < 4.78 is 5.20. The molecule has 1 aromatic rings. The molecule has 0 amide bonds. The smallest absolute Gasteiger partial charge is 0.307 e. The zero-order valence-corrected chi connectivity index (χ0v) is 10.2. The van der Waals surface area contributed by atoms with Gasteiger partial charge in [-0.1, -0.05) is 0 Å². The molecule has 1 rings (SSSR count). The summed E-state index contributed by atoms with van der Waals surface area (Å²) in [4.78, 5) is 18.8. The van der Waals surface area contributed by atoms with Gasteiger partial charge in [0.25, 0.3) is 0 Å². The number of nitrogens with two attached hydrogens (primary N) is 1. The summed E-state index contributed by atoms with van der Waals surface area (Å²) in [7, 11) is 1.35. The predicted molar refractivity (Wildman–Crippen MR) is 62.7 cm³/mol. The molecule has 0 fully saturated rings. The van der Waals surface area contributed by atoms with E-state index in [9.17, 15) is 4.79 Å². The van der Waals surface area contributed by atoms with Crippen molar-refractivity contribution in [1.82, 2.24) is 9.97 Å². The number of nitrogens with one attached hydrogen (secondary N) is 2. The Kier molecular flexibility index (Phi) is 4.93. The van der Waals surface area contributed by atoms with Gasteiger partial charge < -0.3 is 10.1 Å². The van der Waals surface area contributed by atoms with Crippen LogP contribution in [0.15, 0.2) is 10.7 Å². The van der Waals surface area contributed by atoms with Crippen LogP contribution >= 0.6 is 15.9 Å². The number of carbonyl (C=O) groups excluding carboxylic acids is 1. The lowest BCUT2D eigenvalue weighted by atomic mass is 10.4. The first-order valence-corrected chi connectivity index (χ1v) is 5.26. The monoisotopic (exact) mass is 289 g/mol. The minimum Gasteiger partial charge on any atom is -0.469 e. The summed E-state index contributed by atoms with van der Waals surface area (Å²) >= 11 is 3.27. The average molecular weight is 290 g/mol. The fourth-order valence-electron chi connectivity index (χ4n) is 0.946. The minimum absolute atomic E-state index is 0.262. The minimum atomic E-state index is -0.283. The molecule has 1 heterocycles. The van der Waals surface area contributed by atoms with E-state index in [1.54, 1.807) is 6.20 Å². The number of anilines is 2. The van der Waals surface area contributed by atoms with Crippen molar-refractivity contribution < 1.29 is 9.53 Å². The first-order chi connectivity index (χ1) is 7.67. The van der Waals surface area contributed by atoms with E-state index < -0.39 is 0 Å². The second-order valence-corrected chi connectivity index (χ2v) is 3.64. The van der Waals surface area contributed by atoms with Crippen molar-refractivity contribution in [2.45, 2.75) is 6.42 Å². The second kappa shape index (κ2) is 6.23. The molecule has 0 unspecified atom stereocenters. The van der Waals surface area contributed by atoms with Gasteiger partial charge in [-0.25, -0.2) is 10.8 Å². The van der Waals surface area contributed by atoms with Gasteiger partial charge in [0.15, 0.2) is 0 Å². The van der Waals surface area contributed by atoms with Crippen LogP contribution in [0.5, 0.6) is 0 Å². The number of esters is 1. The highest BCUT2D eigenvalue weighted by molar-refractivity contribution is 9.10. The molecule has 1 aromatic heterocycles. The summed E-state index contributed by atoms with van der Waals surface area (Å²) in [5, 5.41) is 2.96. The average Bonchev–Trinajstić information content (AvgIpc) is 2.31. The molecule has 8 heteroatoms. The maximum atomic E-state index is 10.9. The van der Waals surface area contributed by atoms with Crippen molar-refractivity contribution in [3.8, 4) is 0 Å². The van der Waals surface area contributed by atoms with Crippen LogP contribution in [0, 0.1) is 0 Å². The zero-order valence-electron chi connectivity index (χ0n) is 8.66. The third kappa shape index (κ3) is 3.63. The number of aromatic nitrogens is 2. The Morgan fingerprint density at radius 1 is 1.69 bits per heavy atom. The van der Waals surface area contributed by atoms with Crippen molar-refractivity contribution in [3.05, 3.63) is 10.7 Å². The van der Waals surface area contributed by atoms with Gasteiger partial charge in [-0.05, 0) is 15.9 Å². The van der Waals surface area contributed by atoms with Crippen LogP contribution in [0.4, 0.5) is 11.8 Å². The largest absolute Gasteiger partial charge is 0.469 e. The molecular weight excluding hydrogens is 278 g/mol. The highest BCUT2D eigenvalue weighted by Gasteiger charge is 2.05. The van der Waals surface area contributed by atoms with Crippen molar-refractivity contribution in [2.75, 3.05) is 24.4 Å². The molecule has 0 saturated heterocycles. The molecule has 0 radical (unpaired) electrons. The van der Waals surface area contributed by atoms with E-state index in [-0.39, 0.29) is 12.4 Å². The summed E-state index contributed by atoms with van der Waals surface area (Å²) in [6.45, 7) is 0.423. The number of nitrogen functional groups attached to an aromatic ring is 1. The number of hydrogen-bond acceptors (Lipinski definition) is 7. The first-order valence-electron chi connectivity index (χ1n) is 4.47. The maximum Gasteiger partial charge on any atom is 0.307 e. The number of carbonyl (C=O) groups is 1. The number of hydrazine groups is 1. The number of ether oxygens (including phenoxy) is 1. The summed E-state index contributed by atoms with van der Waals surface area (Å²) in [5.41, 5.74) is 2.33. The summed E-state index contributed by atoms with van der Waals surface area (Å²) in [6, 6.07) is 0. The zero-order chi connectivity index (χ0) is 12.0. The molecule has 7 nitrogen and oxygen atoms in total. The third-order valence-corrected chi connectivity index (χ3v) is 2.30. The molecule has 0 bridgehead atoms. The van der Waals surface area contributed by atoms with Gasteiger partial charge in [0.05, 0.1) is 18.0 Å². The lowest BCUT2D eigenvalue weighted by molar-refractivity contribution is -0.140. The topological polar surface area (TPSA) is 102 Å². The third-order valence-electron chi connectivity index (χ3n) is 1.72. The van der Waals surface area contributed by atoms with E-state index in [1.165, 1.54) is 7.11 Å². The van der Waals surface area contributed by atoms with Gasteiger partial charge in [0, 0.05) is 12.7 Å². The molecule has 0 spiro atoms. The van der Waals surface area contributed by atoms with Gasteiger partial charge in [0.2, 0.25) is 5.95 Å². The number of methoxy groups -OCH3 is 1. The maximum absolute atomic E-state index is 10.9. The highest BCUT2D eigenvalue weighted by Crippen LogP contribution is 2.19. The molecule has 16 heavy (non-hydrogen) atoms. The SMILES string of the molecule is COC(=O)CCNc1nc(NN)ncc1Br. The fourth-order valence-corrected chi connectivity index (χ4v) is 1.28. The Morgan fingerprint density at radius 2 is 2.44 bits per heavy atom.